The van der Waals surface area contributed by atoms with Gasteiger partial charge in [-0.3, -0.25) is 4.79 Å². The van der Waals surface area contributed by atoms with Gasteiger partial charge in [-0.15, -0.1) is 0 Å². The van der Waals surface area contributed by atoms with Crippen molar-refractivity contribution in [2.24, 2.45) is 0 Å². The smallest absolute Gasteiger partial charge is 0.256 e. The van der Waals surface area contributed by atoms with Gasteiger partial charge in [0.1, 0.15) is 0 Å². The number of hydrogen-bond donors (Lipinski definition) is 2. The van der Waals surface area contributed by atoms with Gasteiger partial charge in [0.2, 0.25) is 0 Å². The van der Waals surface area contributed by atoms with E-state index in [0.29, 0.717) is 37.6 Å². The molecule has 1 aliphatic heterocycles. The summed E-state index contributed by atoms with van der Waals surface area (Å²) in [5.74, 6) is 1.00. The number of carbonyl (C=O) groups is 1. The minimum Gasteiger partial charge on any atom is -0.493 e. The van der Waals surface area contributed by atoms with Gasteiger partial charge in [-0.2, -0.15) is 0 Å². The van der Waals surface area contributed by atoms with Gasteiger partial charge in [-0.1, -0.05) is 42.5 Å². The minimum absolute atomic E-state index is 0.229. The number of para-hydroxylation sites is 1. The van der Waals surface area contributed by atoms with Gasteiger partial charge < -0.3 is 24.8 Å². The quantitative estimate of drug-likeness (QED) is 0.731. The number of hydrogen-bond acceptors (Lipinski definition) is 5. The Morgan fingerprint density at radius 3 is 2.61 bits per heavy atom. The van der Waals surface area contributed by atoms with Crippen LogP contribution in [-0.4, -0.2) is 48.8 Å². The Labute approximate surface area is 166 Å². The number of amides is 1. The van der Waals surface area contributed by atoms with Crippen LogP contribution in [0.5, 0.6) is 11.5 Å². The summed E-state index contributed by atoms with van der Waals surface area (Å²) >= 11 is 0. The van der Waals surface area contributed by atoms with Gasteiger partial charge in [0.15, 0.2) is 17.1 Å². The number of likely N-dealkylation sites (tertiary alicyclic amines) is 1. The number of benzene rings is 2. The number of aliphatic hydroxyl groups is 1. The largest absolute Gasteiger partial charge is 0.493 e. The molecule has 0 aliphatic carbocycles. The molecule has 2 aromatic rings. The lowest BCUT2D eigenvalue weighted by Crippen LogP contribution is -2.57. The van der Waals surface area contributed by atoms with Crippen molar-refractivity contribution in [3.63, 3.8) is 0 Å². The first-order chi connectivity index (χ1) is 13.6. The predicted molar refractivity (Wildman–Crippen MR) is 107 cm³/mol. The van der Waals surface area contributed by atoms with Crippen LogP contribution in [0.1, 0.15) is 24.0 Å². The van der Waals surface area contributed by atoms with Gasteiger partial charge in [0.25, 0.3) is 5.91 Å². The van der Waals surface area contributed by atoms with Crippen molar-refractivity contribution in [1.29, 1.82) is 0 Å². The molecule has 1 unspecified atom stereocenters. The van der Waals surface area contributed by atoms with E-state index in [9.17, 15) is 9.90 Å². The van der Waals surface area contributed by atoms with E-state index in [1.807, 2.05) is 48.5 Å². The van der Waals surface area contributed by atoms with E-state index in [1.165, 1.54) is 0 Å². The molecule has 6 nitrogen and oxygen atoms in total. The van der Waals surface area contributed by atoms with Crippen LogP contribution in [0.15, 0.2) is 48.5 Å². The molecule has 0 radical (unpaired) electrons. The maximum atomic E-state index is 13.0. The van der Waals surface area contributed by atoms with Crippen LogP contribution < -0.4 is 14.8 Å². The van der Waals surface area contributed by atoms with Crippen molar-refractivity contribution in [3.8, 4) is 11.5 Å². The van der Waals surface area contributed by atoms with E-state index in [2.05, 4.69) is 5.32 Å². The van der Waals surface area contributed by atoms with Gasteiger partial charge in [-0.25, -0.2) is 0 Å². The van der Waals surface area contributed by atoms with Crippen molar-refractivity contribution in [2.45, 2.75) is 31.5 Å². The summed E-state index contributed by atoms with van der Waals surface area (Å²) in [5, 5.41) is 14.2. The number of piperidine rings is 1. The molecule has 3 rings (SSSR count). The van der Waals surface area contributed by atoms with Gasteiger partial charge >= 0.3 is 0 Å². The predicted octanol–water partition coefficient (Wildman–Crippen LogP) is 2.35. The summed E-state index contributed by atoms with van der Waals surface area (Å²) < 4.78 is 10.8. The highest BCUT2D eigenvalue weighted by Gasteiger charge is 2.42. The van der Waals surface area contributed by atoms with Crippen LogP contribution in [0, 0.1) is 0 Å². The average molecular weight is 384 g/mol. The highest BCUT2D eigenvalue weighted by molar-refractivity contribution is 5.86. The third-order valence-corrected chi connectivity index (χ3v) is 5.14. The Bertz CT molecular complexity index is 796. The summed E-state index contributed by atoms with van der Waals surface area (Å²) in [6.07, 6.45) is 1.21. The standard InChI is InChI=1S/C22H28N2O4/c1-27-19-11-6-10-18(20(19)28-2)15-24-13-7-12-22(26,21(24)25)16-23-14-17-8-4-3-5-9-17/h3-6,8-11,23,26H,7,12-16H2,1-2H3. The highest BCUT2D eigenvalue weighted by atomic mass is 16.5. The summed E-state index contributed by atoms with van der Waals surface area (Å²) in [6.45, 7) is 1.83. The number of nitrogens with one attached hydrogen (secondary N) is 1. The molecule has 0 aromatic heterocycles. The summed E-state index contributed by atoms with van der Waals surface area (Å²) in [4.78, 5) is 14.7. The van der Waals surface area contributed by atoms with Crippen LogP contribution in [0.25, 0.3) is 0 Å². The van der Waals surface area contributed by atoms with E-state index in [0.717, 1.165) is 17.5 Å². The summed E-state index contributed by atoms with van der Waals surface area (Å²) in [6, 6.07) is 15.6. The van der Waals surface area contributed by atoms with E-state index in [-0.39, 0.29) is 12.5 Å². The van der Waals surface area contributed by atoms with E-state index >= 15 is 0 Å². The van der Waals surface area contributed by atoms with Crippen molar-refractivity contribution in [3.05, 3.63) is 59.7 Å². The van der Waals surface area contributed by atoms with Crippen LogP contribution in [-0.2, 0) is 17.9 Å². The lowest BCUT2D eigenvalue weighted by Gasteiger charge is -2.38. The van der Waals surface area contributed by atoms with Crippen molar-refractivity contribution in [2.75, 3.05) is 27.3 Å². The number of ether oxygens (including phenoxy) is 2. The van der Waals surface area contributed by atoms with E-state index < -0.39 is 5.60 Å². The summed E-state index contributed by atoms with van der Waals surface area (Å²) in [7, 11) is 3.17. The van der Waals surface area contributed by atoms with E-state index in [4.69, 9.17) is 9.47 Å². The zero-order valence-electron chi connectivity index (χ0n) is 16.5. The van der Waals surface area contributed by atoms with Gasteiger partial charge in [0, 0.05) is 31.7 Å². The van der Waals surface area contributed by atoms with E-state index in [1.54, 1.807) is 19.1 Å². The Morgan fingerprint density at radius 2 is 1.89 bits per heavy atom. The fourth-order valence-electron chi connectivity index (χ4n) is 3.67. The molecule has 28 heavy (non-hydrogen) atoms. The topological polar surface area (TPSA) is 71.0 Å². The SMILES string of the molecule is COc1cccc(CN2CCCC(O)(CNCc3ccccc3)C2=O)c1OC. The third kappa shape index (κ3) is 4.46. The van der Waals surface area contributed by atoms with Gasteiger partial charge in [-0.05, 0) is 24.5 Å². The van der Waals surface area contributed by atoms with Crippen molar-refractivity contribution in [1.82, 2.24) is 10.2 Å². The zero-order valence-corrected chi connectivity index (χ0v) is 16.5. The molecule has 6 heteroatoms. The van der Waals surface area contributed by atoms with Crippen molar-refractivity contribution >= 4 is 5.91 Å². The second-order valence-electron chi connectivity index (χ2n) is 7.10. The van der Waals surface area contributed by atoms with Crippen LogP contribution in [0.2, 0.25) is 0 Å². The number of nitrogens with zero attached hydrogens (tertiary/aromatic N) is 1. The fraction of sp³-hybridized carbons (Fsp3) is 0.409. The number of carbonyl (C=O) groups excluding carboxylic acids is 1. The first-order valence-corrected chi connectivity index (χ1v) is 9.53. The van der Waals surface area contributed by atoms with Crippen LogP contribution in [0.3, 0.4) is 0 Å². The molecule has 1 heterocycles. The minimum atomic E-state index is -1.39. The Balaban J connectivity index is 1.66. The molecule has 1 aliphatic rings. The maximum Gasteiger partial charge on any atom is 0.256 e. The molecule has 2 N–H and O–H groups in total. The van der Waals surface area contributed by atoms with Crippen LogP contribution in [0.4, 0.5) is 0 Å². The molecule has 1 atom stereocenters. The third-order valence-electron chi connectivity index (χ3n) is 5.14. The lowest BCUT2D eigenvalue weighted by molar-refractivity contribution is -0.157. The highest BCUT2D eigenvalue weighted by Crippen LogP contribution is 2.33. The monoisotopic (exact) mass is 384 g/mol. The lowest BCUT2D eigenvalue weighted by atomic mass is 9.91. The second-order valence-corrected chi connectivity index (χ2v) is 7.10. The average Bonchev–Trinajstić information content (AvgIpc) is 2.72. The Kier molecular flexibility index (Phi) is 6.54. The van der Waals surface area contributed by atoms with Gasteiger partial charge in [0.05, 0.1) is 14.2 Å². The molecule has 1 saturated heterocycles. The molecule has 150 valence electrons. The molecule has 2 aromatic carbocycles. The number of methoxy groups -OCH3 is 2. The Hall–Kier alpha value is -2.57. The second kappa shape index (κ2) is 9.08. The Morgan fingerprint density at radius 1 is 1.11 bits per heavy atom. The van der Waals surface area contributed by atoms with Crippen LogP contribution >= 0.6 is 0 Å². The molecular weight excluding hydrogens is 356 g/mol. The molecule has 0 saturated carbocycles. The molecule has 0 bridgehead atoms. The summed E-state index contributed by atoms with van der Waals surface area (Å²) in [5.41, 5.74) is 0.586. The molecule has 1 fully saturated rings. The first kappa shape index (κ1) is 20.2. The molecular formula is C22H28N2O4. The normalized spacial score (nSPS) is 19.5. The maximum absolute atomic E-state index is 13.0. The number of rotatable bonds is 8. The zero-order chi connectivity index (χ0) is 20.0. The molecule has 1 amide bonds. The molecule has 0 spiro atoms. The first-order valence-electron chi connectivity index (χ1n) is 9.53. The fourth-order valence-corrected chi connectivity index (χ4v) is 3.67. The van der Waals surface area contributed by atoms with Crippen molar-refractivity contribution < 1.29 is 19.4 Å².